The second-order valence-corrected chi connectivity index (χ2v) is 6.62. The molecular formula is C16H27N7O. The van der Waals surface area contributed by atoms with Crippen molar-refractivity contribution in [2.75, 3.05) is 18.0 Å². The summed E-state index contributed by atoms with van der Waals surface area (Å²) >= 11 is 0. The van der Waals surface area contributed by atoms with Gasteiger partial charge in [0.05, 0.1) is 24.4 Å². The van der Waals surface area contributed by atoms with E-state index in [-0.39, 0.29) is 12.2 Å². The van der Waals surface area contributed by atoms with E-state index in [0.29, 0.717) is 12.6 Å². The third kappa shape index (κ3) is 3.58. The van der Waals surface area contributed by atoms with Crippen molar-refractivity contribution in [2.24, 2.45) is 0 Å². The van der Waals surface area contributed by atoms with Gasteiger partial charge in [-0.25, -0.2) is 4.68 Å². The average molecular weight is 333 g/mol. The van der Waals surface area contributed by atoms with Gasteiger partial charge in [-0.05, 0) is 43.2 Å². The third-order valence-electron chi connectivity index (χ3n) is 4.44. The molecule has 8 nitrogen and oxygen atoms in total. The molecule has 2 atom stereocenters. The highest BCUT2D eigenvalue weighted by molar-refractivity contribution is 5.30. The third-order valence-corrected chi connectivity index (χ3v) is 4.44. The van der Waals surface area contributed by atoms with Gasteiger partial charge < -0.3 is 9.64 Å². The van der Waals surface area contributed by atoms with Gasteiger partial charge in [0.2, 0.25) is 5.95 Å². The van der Waals surface area contributed by atoms with Gasteiger partial charge in [-0.2, -0.15) is 5.10 Å². The smallest absolute Gasteiger partial charge is 0.246 e. The lowest BCUT2D eigenvalue weighted by Gasteiger charge is -2.37. The van der Waals surface area contributed by atoms with Crippen molar-refractivity contribution in [3.05, 3.63) is 18.0 Å². The average Bonchev–Trinajstić information content (AvgIpc) is 3.24. The molecule has 3 heterocycles. The molecule has 0 aromatic carbocycles. The zero-order valence-corrected chi connectivity index (χ0v) is 15.0. The van der Waals surface area contributed by atoms with E-state index in [2.05, 4.69) is 53.2 Å². The minimum Gasteiger partial charge on any atom is -0.371 e. The Balaban J connectivity index is 1.76. The first-order valence-electron chi connectivity index (χ1n) is 8.81. The first-order valence-corrected chi connectivity index (χ1v) is 8.81. The molecule has 24 heavy (non-hydrogen) atoms. The molecule has 132 valence electrons. The lowest BCUT2D eigenvalue weighted by Crippen LogP contribution is -2.48. The van der Waals surface area contributed by atoms with Crippen LogP contribution in [-0.4, -0.2) is 55.3 Å². The molecule has 0 N–H and O–H groups in total. The summed E-state index contributed by atoms with van der Waals surface area (Å²) in [7, 11) is 0. The molecule has 2 aromatic rings. The molecule has 0 spiro atoms. The van der Waals surface area contributed by atoms with Crippen LogP contribution < -0.4 is 4.90 Å². The van der Waals surface area contributed by atoms with Crippen LogP contribution in [-0.2, 0) is 11.3 Å². The summed E-state index contributed by atoms with van der Waals surface area (Å²) in [4.78, 5) is 2.24. The van der Waals surface area contributed by atoms with Gasteiger partial charge in [-0.1, -0.05) is 18.9 Å². The highest BCUT2D eigenvalue weighted by Gasteiger charge is 2.29. The van der Waals surface area contributed by atoms with Gasteiger partial charge in [-0.15, -0.1) is 0 Å². The Bertz CT molecular complexity index is 638. The second kappa shape index (κ2) is 7.29. The maximum absolute atomic E-state index is 6.07. The van der Waals surface area contributed by atoms with E-state index in [1.54, 1.807) is 0 Å². The fraction of sp³-hybridized carbons (Fsp3) is 0.750. The zero-order chi connectivity index (χ0) is 17.1. The summed E-state index contributed by atoms with van der Waals surface area (Å²) in [5.74, 6) is 0.800. The van der Waals surface area contributed by atoms with Crippen LogP contribution in [0.4, 0.5) is 5.95 Å². The first-order chi connectivity index (χ1) is 11.6. The number of hydrogen-bond acceptors (Lipinski definition) is 6. The SMILES string of the molecule is CCC1CN(c2nnnn2Cc2ccn(C(C)C)n2)CC(CC)O1. The standard InChI is InChI=1S/C16H27N7O/c1-5-14-10-21(11-15(6-2)24-14)16-17-19-20-23(16)9-13-7-8-22(18-13)12(3)4/h7-8,12,14-15H,5-6,9-11H2,1-4H3. The molecule has 0 bridgehead atoms. The Morgan fingerprint density at radius 1 is 1.21 bits per heavy atom. The lowest BCUT2D eigenvalue weighted by molar-refractivity contribution is -0.0292. The van der Waals surface area contributed by atoms with Crippen LogP contribution in [0.1, 0.15) is 52.3 Å². The van der Waals surface area contributed by atoms with Gasteiger partial charge in [0.1, 0.15) is 0 Å². The number of nitrogens with zero attached hydrogens (tertiary/aromatic N) is 7. The van der Waals surface area contributed by atoms with Crippen molar-refractivity contribution >= 4 is 5.95 Å². The molecule has 1 aliphatic heterocycles. The maximum atomic E-state index is 6.07. The number of ether oxygens (including phenoxy) is 1. The maximum Gasteiger partial charge on any atom is 0.246 e. The summed E-state index contributed by atoms with van der Waals surface area (Å²) in [5, 5.41) is 16.9. The van der Waals surface area contributed by atoms with Crippen LogP contribution in [0.15, 0.2) is 12.3 Å². The Morgan fingerprint density at radius 2 is 1.92 bits per heavy atom. The number of tetrazole rings is 1. The van der Waals surface area contributed by atoms with E-state index in [9.17, 15) is 0 Å². The predicted molar refractivity (Wildman–Crippen MR) is 91.0 cm³/mol. The van der Waals surface area contributed by atoms with Crippen molar-refractivity contribution in [1.29, 1.82) is 0 Å². The number of anilines is 1. The van der Waals surface area contributed by atoms with Crippen LogP contribution in [0.3, 0.4) is 0 Å². The topological polar surface area (TPSA) is 73.9 Å². The quantitative estimate of drug-likeness (QED) is 0.804. The van der Waals surface area contributed by atoms with Crippen LogP contribution in [0, 0.1) is 0 Å². The molecule has 2 aromatic heterocycles. The summed E-state index contributed by atoms with van der Waals surface area (Å²) in [5.41, 5.74) is 0.963. The van der Waals surface area contributed by atoms with E-state index >= 15 is 0 Å². The molecular weight excluding hydrogens is 306 g/mol. The fourth-order valence-electron chi connectivity index (χ4n) is 2.97. The van der Waals surface area contributed by atoms with Crippen molar-refractivity contribution in [3.8, 4) is 0 Å². The Hall–Kier alpha value is -1.96. The Kier molecular flexibility index (Phi) is 5.13. The molecule has 1 aliphatic rings. The summed E-state index contributed by atoms with van der Waals surface area (Å²) < 4.78 is 9.85. The largest absolute Gasteiger partial charge is 0.371 e. The lowest BCUT2D eigenvalue weighted by atomic mass is 10.1. The van der Waals surface area contributed by atoms with E-state index in [1.165, 1.54) is 0 Å². The number of aromatic nitrogens is 6. The van der Waals surface area contributed by atoms with Crippen LogP contribution in [0.5, 0.6) is 0 Å². The van der Waals surface area contributed by atoms with E-state index < -0.39 is 0 Å². The monoisotopic (exact) mass is 333 g/mol. The minimum absolute atomic E-state index is 0.231. The summed E-state index contributed by atoms with van der Waals surface area (Å²) in [6.45, 7) is 10.8. The molecule has 0 aliphatic carbocycles. The van der Waals surface area contributed by atoms with Gasteiger partial charge in [-0.3, -0.25) is 4.68 Å². The van der Waals surface area contributed by atoms with Crippen LogP contribution >= 0.6 is 0 Å². The number of rotatable bonds is 6. The van der Waals surface area contributed by atoms with Crippen molar-refractivity contribution in [1.82, 2.24) is 30.0 Å². The van der Waals surface area contributed by atoms with Crippen LogP contribution in [0.25, 0.3) is 0 Å². The van der Waals surface area contributed by atoms with Crippen LogP contribution in [0.2, 0.25) is 0 Å². The molecule has 1 fully saturated rings. The van der Waals surface area contributed by atoms with E-state index in [4.69, 9.17) is 4.74 Å². The highest BCUT2D eigenvalue weighted by Crippen LogP contribution is 2.21. The second-order valence-electron chi connectivity index (χ2n) is 6.62. The van der Waals surface area contributed by atoms with Crippen molar-refractivity contribution in [3.63, 3.8) is 0 Å². The highest BCUT2D eigenvalue weighted by atomic mass is 16.5. The van der Waals surface area contributed by atoms with Crippen molar-refractivity contribution in [2.45, 2.75) is 65.3 Å². The molecule has 3 rings (SSSR count). The zero-order valence-electron chi connectivity index (χ0n) is 15.0. The van der Waals surface area contributed by atoms with E-state index in [0.717, 1.165) is 37.6 Å². The van der Waals surface area contributed by atoms with Gasteiger partial charge in [0.25, 0.3) is 0 Å². The molecule has 0 saturated carbocycles. The molecule has 0 radical (unpaired) electrons. The summed E-state index contributed by atoms with van der Waals surface area (Å²) in [6, 6.07) is 2.37. The predicted octanol–water partition coefficient (Wildman–Crippen LogP) is 1.89. The molecule has 2 unspecified atom stereocenters. The Labute approximate surface area is 142 Å². The number of hydrogen-bond donors (Lipinski definition) is 0. The van der Waals surface area contributed by atoms with Gasteiger partial charge in [0.15, 0.2) is 0 Å². The van der Waals surface area contributed by atoms with Crippen molar-refractivity contribution < 1.29 is 4.74 Å². The first kappa shape index (κ1) is 16.9. The minimum atomic E-state index is 0.231. The Morgan fingerprint density at radius 3 is 2.50 bits per heavy atom. The fourth-order valence-corrected chi connectivity index (χ4v) is 2.97. The van der Waals surface area contributed by atoms with Gasteiger partial charge in [0, 0.05) is 25.3 Å². The summed E-state index contributed by atoms with van der Waals surface area (Å²) in [6.07, 6.45) is 4.45. The normalized spacial score (nSPS) is 21.6. The van der Waals surface area contributed by atoms with Gasteiger partial charge >= 0.3 is 0 Å². The van der Waals surface area contributed by atoms with E-state index in [1.807, 2.05) is 21.6 Å². The molecule has 8 heteroatoms. The molecule has 1 saturated heterocycles. The number of morpholine rings is 1. The molecule has 0 amide bonds.